The average molecular weight is 365 g/mol. The van der Waals surface area contributed by atoms with E-state index in [9.17, 15) is 0 Å². The van der Waals surface area contributed by atoms with Crippen molar-refractivity contribution in [1.82, 2.24) is 20.2 Å². The molecule has 0 radical (unpaired) electrons. The van der Waals surface area contributed by atoms with Gasteiger partial charge in [0.1, 0.15) is 17.6 Å². The maximum atomic E-state index is 9.12. The predicted octanol–water partition coefficient (Wildman–Crippen LogP) is 2.22. The summed E-state index contributed by atoms with van der Waals surface area (Å²) in [7, 11) is 1.59. The Hall–Kier alpha value is -3.64. The summed E-state index contributed by atoms with van der Waals surface area (Å²) >= 11 is 0. The van der Waals surface area contributed by atoms with E-state index < -0.39 is 0 Å². The zero-order chi connectivity index (χ0) is 19.1. The molecule has 0 saturated carbocycles. The normalized spacial score (nSPS) is 10.3. The molecule has 0 aliphatic carbocycles. The lowest BCUT2D eigenvalue weighted by Crippen LogP contribution is -2.07. The fourth-order valence-electron chi connectivity index (χ4n) is 2.48. The maximum absolute atomic E-state index is 9.12. The Morgan fingerprint density at radius 1 is 1.26 bits per heavy atom. The summed E-state index contributed by atoms with van der Waals surface area (Å²) in [4.78, 5) is 8.08. The summed E-state index contributed by atoms with van der Waals surface area (Å²) in [6.07, 6.45) is 3.70. The summed E-state index contributed by atoms with van der Waals surface area (Å²) in [5, 5.41) is 19.3. The molecule has 27 heavy (non-hydrogen) atoms. The second-order valence-corrected chi connectivity index (χ2v) is 5.48. The van der Waals surface area contributed by atoms with Gasteiger partial charge in [-0.15, -0.1) is 0 Å². The molecule has 0 fully saturated rings. The molecule has 2 heterocycles. The van der Waals surface area contributed by atoms with Gasteiger partial charge in [-0.3, -0.25) is 5.10 Å². The number of methoxy groups -OCH3 is 1. The average Bonchev–Trinajstić information content (AvgIpc) is 3.16. The molecule has 2 aromatic heterocycles. The van der Waals surface area contributed by atoms with Gasteiger partial charge in [0.2, 0.25) is 0 Å². The summed E-state index contributed by atoms with van der Waals surface area (Å²) in [6.45, 7) is 1.05. The van der Waals surface area contributed by atoms with Crippen LogP contribution in [0, 0.1) is 11.3 Å². The predicted molar refractivity (Wildman–Crippen MR) is 99.8 cm³/mol. The van der Waals surface area contributed by atoms with Crippen LogP contribution in [0.4, 0.5) is 11.6 Å². The molecular weight excluding hydrogens is 346 g/mol. The third-order valence-electron chi connectivity index (χ3n) is 3.71. The molecule has 3 rings (SSSR count). The fourth-order valence-corrected chi connectivity index (χ4v) is 2.48. The van der Waals surface area contributed by atoms with E-state index in [4.69, 9.17) is 20.5 Å². The highest BCUT2D eigenvalue weighted by Gasteiger charge is 2.16. The minimum absolute atomic E-state index is 0.185. The van der Waals surface area contributed by atoms with Crippen LogP contribution in [-0.4, -0.2) is 40.4 Å². The summed E-state index contributed by atoms with van der Waals surface area (Å²) in [5.74, 6) is 2.13. The number of ether oxygens (including phenoxy) is 2. The minimum Gasteiger partial charge on any atom is -0.496 e. The van der Waals surface area contributed by atoms with E-state index in [2.05, 4.69) is 25.5 Å². The van der Waals surface area contributed by atoms with Crippen LogP contribution in [-0.2, 0) is 0 Å². The van der Waals surface area contributed by atoms with Crippen LogP contribution in [0.15, 0.2) is 36.7 Å². The first-order valence-corrected chi connectivity index (χ1v) is 8.30. The highest BCUT2D eigenvalue weighted by Crippen LogP contribution is 2.38. The number of anilines is 2. The standard InChI is InChI=1S/C18H19N7O2/c1-26-14-4-2-5-15(27-9-3-6-19)17(14)12-10-16(25-24-12)23-18-13(11-20)21-7-8-22-18/h2,4-5,7-8,10H,3,6,9,19H2,1H3,(H2,22,23,24,25). The second kappa shape index (κ2) is 8.64. The summed E-state index contributed by atoms with van der Waals surface area (Å²) in [6, 6.07) is 9.33. The van der Waals surface area contributed by atoms with Gasteiger partial charge < -0.3 is 20.5 Å². The Balaban J connectivity index is 1.90. The van der Waals surface area contributed by atoms with E-state index >= 15 is 0 Å². The van der Waals surface area contributed by atoms with Crippen molar-refractivity contribution in [3.63, 3.8) is 0 Å². The number of hydrogen-bond donors (Lipinski definition) is 3. The molecule has 4 N–H and O–H groups in total. The van der Waals surface area contributed by atoms with Crippen molar-refractivity contribution in [1.29, 1.82) is 5.26 Å². The molecule has 0 saturated heterocycles. The molecule has 0 unspecified atom stereocenters. The van der Waals surface area contributed by atoms with Crippen LogP contribution < -0.4 is 20.5 Å². The Labute approximate surface area is 156 Å². The molecular formula is C18H19N7O2. The van der Waals surface area contributed by atoms with Gasteiger partial charge in [-0.05, 0) is 25.1 Å². The largest absolute Gasteiger partial charge is 0.496 e. The Bertz CT molecular complexity index is 949. The zero-order valence-corrected chi connectivity index (χ0v) is 14.8. The number of nitrogens with zero attached hydrogens (tertiary/aromatic N) is 4. The number of benzene rings is 1. The summed E-state index contributed by atoms with van der Waals surface area (Å²) in [5.41, 5.74) is 7.16. The van der Waals surface area contributed by atoms with Gasteiger partial charge in [0.05, 0.1) is 25.0 Å². The van der Waals surface area contributed by atoms with Gasteiger partial charge in [-0.2, -0.15) is 10.4 Å². The fraction of sp³-hybridized carbons (Fsp3) is 0.222. The first-order valence-electron chi connectivity index (χ1n) is 8.30. The first-order chi connectivity index (χ1) is 13.3. The van der Waals surface area contributed by atoms with E-state index in [1.807, 2.05) is 24.3 Å². The Kier molecular flexibility index (Phi) is 5.81. The van der Waals surface area contributed by atoms with Gasteiger partial charge in [-0.1, -0.05) is 6.07 Å². The molecule has 1 aromatic carbocycles. The number of nitriles is 1. The van der Waals surface area contributed by atoms with E-state index in [1.165, 1.54) is 12.4 Å². The lowest BCUT2D eigenvalue weighted by Gasteiger charge is -2.13. The van der Waals surface area contributed by atoms with Gasteiger partial charge in [0.15, 0.2) is 17.3 Å². The SMILES string of the molecule is COc1cccc(OCCCN)c1-c1cc(Nc2nccnc2C#N)n[nH]1. The maximum Gasteiger partial charge on any atom is 0.183 e. The number of hydrogen-bond acceptors (Lipinski definition) is 8. The third kappa shape index (κ3) is 4.13. The van der Waals surface area contributed by atoms with E-state index in [-0.39, 0.29) is 5.69 Å². The molecule has 9 heteroatoms. The van der Waals surface area contributed by atoms with E-state index in [0.29, 0.717) is 42.0 Å². The van der Waals surface area contributed by atoms with E-state index in [0.717, 1.165) is 12.0 Å². The number of H-pyrrole nitrogens is 1. The van der Waals surface area contributed by atoms with Crippen LogP contribution in [0.2, 0.25) is 0 Å². The lowest BCUT2D eigenvalue weighted by atomic mass is 10.1. The van der Waals surface area contributed by atoms with Gasteiger partial charge in [0, 0.05) is 18.5 Å². The quantitative estimate of drug-likeness (QED) is 0.517. The third-order valence-corrected chi connectivity index (χ3v) is 3.71. The van der Waals surface area contributed by atoms with Gasteiger partial charge in [-0.25, -0.2) is 9.97 Å². The number of aromatic nitrogens is 4. The van der Waals surface area contributed by atoms with Crippen LogP contribution >= 0.6 is 0 Å². The molecule has 0 aliphatic rings. The van der Waals surface area contributed by atoms with Crippen LogP contribution in [0.1, 0.15) is 12.1 Å². The monoisotopic (exact) mass is 365 g/mol. The molecule has 0 aliphatic heterocycles. The second-order valence-electron chi connectivity index (χ2n) is 5.48. The molecule has 0 bridgehead atoms. The van der Waals surface area contributed by atoms with Gasteiger partial charge in [0.25, 0.3) is 0 Å². The topological polar surface area (TPSA) is 135 Å². The van der Waals surface area contributed by atoms with Crippen molar-refractivity contribution < 1.29 is 9.47 Å². The smallest absolute Gasteiger partial charge is 0.183 e. The molecule has 0 atom stereocenters. The van der Waals surface area contributed by atoms with E-state index in [1.54, 1.807) is 13.2 Å². The number of rotatable bonds is 8. The highest BCUT2D eigenvalue weighted by molar-refractivity contribution is 5.76. The van der Waals surface area contributed by atoms with Crippen LogP contribution in [0.25, 0.3) is 11.3 Å². The number of nitrogens with two attached hydrogens (primary N) is 1. The highest BCUT2D eigenvalue weighted by atomic mass is 16.5. The molecule has 9 nitrogen and oxygen atoms in total. The Morgan fingerprint density at radius 3 is 2.85 bits per heavy atom. The number of nitrogens with one attached hydrogen (secondary N) is 2. The van der Waals surface area contributed by atoms with Crippen molar-refractivity contribution in [3.8, 4) is 28.8 Å². The van der Waals surface area contributed by atoms with Crippen LogP contribution in [0.5, 0.6) is 11.5 Å². The lowest BCUT2D eigenvalue weighted by molar-refractivity contribution is 0.312. The van der Waals surface area contributed by atoms with Crippen molar-refractivity contribution in [2.75, 3.05) is 25.6 Å². The molecule has 3 aromatic rings. The summed E-state index contributed by atoms with van der Waals surface area (Å²) < 4.78 is 11.3. The zero-order valence-electron chi connectivity index (χ0n) is 14.8. The number of aromatic amines is 1. The Morgan fingerprint density at radius 2 is 2.07 bits per heavy atom. The van der Waals surface area contributed by atoms with Crippen molar-refractivity contribution in [2.45, 2.75) is 6.42 Å². The van der Waals surface area contributed by atoms with Crippen molar-refractivity contribution in [3.05, 3.63) is 42.4 Å². The van der Waals surface area contributed by atoms with Crippen molar-refractivity contribution >= 4 is 11.6 Å². The minimum atomic E-state index is 0.185. The molecule has 0 amide bonds. The van der Waals surface area contributed by atoms with Crippen molar-refractivity contribution in [2.24, 2.45) is 5.73 Å². The van der Waals surface area contributed by atoms with Gasteiger partial charge >= 0.3 is 0 Å². The molecule has 0 spiro atoms. The first kappa shape index (κ1) is 18.2. The molecule has 138 valence electrons. The van der Waals surface area contributed by atoms with Crippen LogP contribution in [0.3, 0.4) is 0 Å².